The molecule has 0 atom stereocenters. The summed E-state index contributed by atoms with van der Waals surface area (Å²) < 4.78 is 0. The summed E-state index contributed by atoms with van der Waals surface area (Å²) in [6, 6.07) is 9.42. The summed E-state index contributed by atoms with van der Waals surface area (Å²) in [5.41, 5.74) is 9.39. The molecule has 20 heavy (non-hydrogen) atoms. The van der Waals surface area contributed by atoms with Gasteiger partial charge >= 0.3 is 0 Å². The number of unbranched alkanes of at least 4 members (excludes halogenated alkanes) is 2. The van der Waals surface area contributed by atoms with Crippen LogP contribution < -0.4 is 5.73 Å². The second-order valence-corrected chi connectivity index (χ2v) is 6.54. The molecular weight excluding hydrogens is 244 g/mol. The Morgan fingerprint density at radius 1 is 1.15 bits per heavy atom. The summed E-state index contributed by atoms with van der Waals surface area (Å²) >= 11 is 0. The highest BCUT2D eigenvalue weighted by atomic mass is 15.2. The minimum absolute atomic E-state index is 0.144. The molecule has 1 aromatic carbocycles. The Labute approximate surface area is 124 Å². The highest BCUT2D eigenvalue weighted by Crippen LogP contribution is 2.35. The molecule has 2 nitrogen and oxygen atoms in total. The molecule has 0 fully saturated rings. The van der Waals surface area contributed by atoms with Crippen molar-refractivity contribution in [1.82, 2.24) is 4.90 Å². The van der Waals surface area contributed by atoms with E-state index < -0.39 is 0 Å². The third-order valence-corrected chi connectivity index (χ3v) is 4.77. The molecule has 0 saturated carbocycles. The molecule has 1 aliphatic carbocycles. The molecular formula is C18H30N2. The first-order valence-electron chi connectivity index (χ1n) is 8.16. The summed E-state index contributed by atoms with van der Waals surface area (Å²) in [6.07, 6.45) is 6.11. The van der Waals surface area contributed by atoms with Gasteiger partial charge in [0.2, 0.25) is 0 Å². The molecule has 0 heterocycles. The van der Waals surface area contributed by atoms with Gasteiger partial charge in [-0.05, 0) is 50.8 Å². The van der Waals surface area contributed by atoms with Gasteiger partial charge in [-0.2, -0.15) is 0 Å². The Bertz CT molecular complexity index is 400. The highest BCUT2D eigenvalue weighted by molar-refractivity contribution is 5.36. The van der Waals surface area contributed by atoms with Crippen molar-refractivity contribution < 1.29 is 0 Å². The Morgan fingerprint density at radius 3 is 2.20 bits per heavy atom. The number of benzene rings is 1. The largest absolute Gasteiger partial charge is 0.329 e. The Hall–Kier alpha value is -0.860. The summed E-state index contributed by atoms with van der Waals surface area (Å²) in [5, 5.41) is 0. The predicted octanol–water partition coefficient (Wildman–Crippen LogP) is 3.38. The van der Waals surface area contributed by atoms with Crippen LogP contribution in [0.15, 0.2) is 24.3 Å². The average molecular weight is 274 g/mol. The molecule has 0 aliphatic heterocycles. The SMILES string of the molecule is CCCCCN(C(C)C)C1(CN)Cc2ccccc2C1. The lowest BCUT2D eigenvalue weighted by atomic mass is 9.91. The molecule has 0 amide bonds. The lowest BCUT2D eigenvalue weighted by molar-refractivity contribution is 0.0668. The fraction of sp³-hybridized carbons (Fsp3) is 0.667. The van der Waals surface area contributed by atoms with Crippen molar-refractivity contribution in [3.05, 3.63) is 35.4 Å². The van der Waals surface area contributed by atoms with Gasteiger partial charge in [0.05, 0.1) is 0 Å². The Kier molecular flexibility index (Phi) is 5.22. The minimum Gasteiger partial charge on any atom is -0.329 e. The van der Waals surface area contributed by atoms with Crippen LogP contribution in [0.3, 0.4) is 0 Å². The summed E-state index contributed by atoms with van der Waals surface area (Å²) in [6.45, 7) is 8.82. The van der Waals surface area contributed by atoms with Crippen LogP contribution in [0.2, 0.25) is 0 Å². The van der Waals surface area contributed by atoms with Gasteiger partial charge in [0.1, 0.15) is 0 Å². The first-order valence-corrected chi connectivity index (χ1v) is 8.16. The molecule has 0 aromatic heterocycles. The number of nitrogens with two attached hydrogens (primary N) is 1. The van der Waals surface area contributed by atoms with Gasteiger partial charge in [-0.25, -0.2) is 0 Å². The van der Waals surface area contributed by atoms with Crippen LogP contribution in [-0.4, -0.2) is 29.6 Å². The zero-order valence-electron chi connectivity index (χ0n) is 13.4. The summed E-state index contributed by atoms with van der Waals surface area (Å²) in [4.78, 5) is 2.67. The van der Waals surface area contributed by atoms with E-state index in [1.165, 1.54) is 36.9 Å². The topological polar surface area (TPSA) is 29.3 Å². The zero-order chi connectivity index (χ0) is 14.6. The monoisotopic (exact) mass is 274 g/mol. The van der Waals surface area contributed by atoms with Crippen molar-refractivity contribution in [3.63, 3.8) is 0 Å². The van der Waals surface area contributed by atoms with E-state index in [4.69, 9.17) is 5.73 Å². The van der Waals surface area contributed by atoms with Crippen LogP contribution >= 0.6 is 0 Å². The first-order chi connectivity index (χ1) is 9.63. The van der Waals surface area contributed by atoms with Crippen molar-refractivity contribution in [3.8, 4) is 0 Å². The van der Waals surface area contributed by atoms with Crippen molar-refractivity contribution in [2.45, 2.75) is 64.5 Å². The summed E-state index contributed by atoms with van der Waals surface area (Å²) in [7, 11) is 0. The van der Waals surface area contributed by atoms with E-state index in [-0.39, 0.29) is 5.54 Å². The standard InChI is InChI=1S/C18H30N2/c1-4-5-8-11-20(15(2)3)18(14-19)12-16-9-6-7-10-17(16)13-18/h6-7,9-10,15H,4-5,8,11-14,19H2,1-3H3. The second-order valence-electron chi connectivity index (χ2n) is 6.54. The number of fused-ring (bicyclic) bond motifs is 1. The molecule has 1 aliphatic rings. The Morgan fingerprint density at radius 2 is 1.75 bits per heavy atom. The second kappa shape index (κ2) is 6.73. The fourth-order valence-electron chi connectivity index (χ4n) is 3.71. The van der Waals surface area contributed by atoms with Crippen LogP contribution in [0.1, 0.15) is 51.2 Å². The molecule has 1 aromatic rings. The molecule has 112 valence electrons. The van der Waals surface area contributed by atoms with Crippen LogP contribution in [0.25, 0.3) is 0 Å². The lowest BCUT2D eigenvalue weighted by Gasteiger charge is -2.43. The van der Waals surface area contributed by atoms with Gasteiger partial charge in [-0.3, -0.25) is 4.90 Å². The highest BCUT2D eigenvalue weighted by Gasteiger charge is 2.41. The molecule has 0 spiro atoms. The van der Waals surface area contributed by atoms with E-state index >= 15 is 0 Å². The normalized spacial score (nSPS) is 16.9. The van der Waals surface area contributed by atoms with Gasteiger partial charge in [-0.15, -0.1) is 0 Å². The van der Waals surface area contributed by atoms with E-state index in [9.17, 15) is 0 Å². The molecule has 0 unspecified atom stereocenters. The van der Waals surface area contributed by atoms with Crippen LogP contribution in [0.5, 0.6) is 0 Å². The molecule has 0 radical (unpaired) electrons. The predicted molar refractivity (Wildman–Crippen MR) is 87.0 cm³/mol. The maximum absolute atomic E-state index is 6.25. The minimum atomic E-state index is 0.144. The number of hydrogen-bond acceptors (Lipinski definition) is 2. The first kappa shape index (κ1) is 15.5. The van der Waals surface area contributed by atoms with Crippen molar-refractivity contribution in [2.24, 2.45) is 5.73 Å². The van der Waals surface area contributed by atoms with Gasteiger partial charge in [0, 0.05) is 18.1 Å². The van der Waals surface area contributed by atoms with Gasteiger partial charge in [-0.1, -0.05) is 44.0 Å². The van der Waals surface area contributed by atoms with Crippen LogP contribution in [0, 0.1) is 0 Å². The smallest absolute Gasteiger partial charge is 0.0415 e. The third-order valence-electron chi connectivity index (χ3n) is 4.77. The number of nitrogens with zero attached hydrogens (tertiary/aromatic N) is 1. The van der Waals surface area contributed by atoms with E-state index in [1.54, 1.807) is 0 Å². The van der Waals surface area contributed by atoms with Crippen molar-refractivity contribution >= 4 is 0 Å². The van der Waals surface area contributed by atoms with E-state index in [0.29, 0.717) is 6.04 Å². The van der Waals surface area contributed by atoms with E-state index in [0.717, 1.165) is 19.4 Å². The van der Waals surface area contributed by atoms with Crippen LogP contribution in [-0.2, 0) is 12.8 Å². The maximum atomic E-state index is 6.25. The number of rotatable bonds is 7. The molecule has 0 saturated heterocycles. The van der Waals surface area contributed by atoms with Crippen LogP contribution in [0.4, 0.5) is 0 Å². The third kappa shape index (κ3) is 3.07. The quantitative estimate of drug-likeness (QED) is 0.772. The van der Waals surface area contributed by atoms with Crippen molar-refractivity contribution in [1.29, 1.82) is 0 Å². The zero-order valence-corrected chi connectivity index (χ0v) is 13.4. The average Bonchev–Trinajstić information content (AvgIpc) is 2.82. The molecule has 0 bridgehead atoms. The molecule has 2 N–H and O–H groups in total. The molecule has 2 rings (SSSR count). The maximum Gasteiger partial charge on any atom is 0.0415 e. The van der Waals surface area contributed by atoms with E-state index in [2.05, 4.69) is 49.9 Å². The van der Waals surface area contributed by atoms with Gasteiger partial charge in [0.25, 0.3) is 0 Å². The summed E-state index contributed by atoms with van der Waals surface area (Å²) in [5.74, 6) is 0. The van der Waals surface area contributed by atoms with Gasteiger partial charge < -0.3 is 5.73 Å². The Balaban J connectivity index is 2.17. The fourth-order valence-corrected chi connectivity index (χ4v) is 3.71. The molecule has 2 heteroatoms. The van der Waals surface area contributed by atoms with Gasteiger partial charge in [0.15, 0.2) is 0 Å². The van der Waals surface area contributed by atoms with E-state index in [1.807, 2.05) is 0 Å². The lowest BCUT2D eigenvalue weighted by Crippen LogP contribution is -2.57. The number of hydrogen-bond donors (Lipinski definition) is 1. The van der Waals surface area contributed by atoms with Crippen molar-refractivity contribution in [2.75, 3.05) is 13.1 Å².